The summed E-state index contributed by atoms with van der Waals surface area (Å²) in [5.74, 6) is 0. The fourth-order valence-electron chi connectivity index (χ4n) is 2.06. The van der Waals surface area contributed by atoms with Gasteiger partial charge in [-0.3, -0.25) is 0 Å². The van der Waals surface area contributed by atoms with Crippen LogP contribution in [0.15, 0.2) is 0 Å². The van der Waals surface area contributed by atoms with E-state index in [2.05, 4.69) is 5.32 Å². The van der Waals surface area contributed by atoms with Crippen molar-refractivity contribution in [3.05, 3.63) is 0 Å². The highest BCUT2D eigenvalue weighted by Crippen LogP contribution is 2.27. The molecule has 0 aromatic heterocycles. The molecule has 0 spiro atoms. The third kappa shape index (κ3) is 4.84. The van der Waals surface area contributed by atoms with E-state index in [9.17, 15) is 9.90 Å². The zero-order valence-corrected chi connectivity index (χ0v) is 10.7. The largest absolute Gasteiger partial charge is 0.444 e. The molecule has 0 aliphatic heterocycles. The summed E-state index contributed by atoms with van der Waals surface area (Å²) in [6.45, 7) is 7.33. The number of hydrogen-bond donors (Lipinski definition) is 2. The Bertz CT molecular complexity index is 255. The lowest BCUT2D eigenvalue weighted by Crippen LogP contribution is -2.45. The van der Waals surface area contributed by atoms with Crippen LogP contribution in [-0.4, -0.2) is 28.4 Å². The quantitative estimate of drug-likeness (QED) is 0.724. The molecule has 94 valence electrons. The molecular weight excluding hydrogens is 206 g/mol. The third-order valence-corrected chi connectivity index (χ3v) is 2.67. The van der Waals surface area contributed by atoms with Gasteiger partial charge in [0.2, 0.25) is 0 Å². The zero-order valence-electron chi connectivity index (χ0n) is 10.7. The maximum atomic E-state index is 11.5. The summed E-state index contributed by atoms with van der Waals surface area (Å²) in [6.07, 6.45) is 2.87. The van der Waals surface area contributed by atoms with E-state index in [1.165, 1.54) is 0 Å². The van der Waals surface area contributed by atoms with Crippen molar-refractivity contribution >= 4 is 6.09 Å². The predicted octanol–water partition coefficient (Wildman–Crippen LogP) is 2.20. The van der Waals surface area contributed by atoms with Gasteiger partial charge >= 0.3 is 6.09 Å². The van der Waals surface area contributed by atoms with Crippen molar-refractivity contribution in [2.24, 2.45) is 0 Å². The van der Waals surface area contributed by atoms with E-state index in [-0.39, 0.29) is 6.04 Å². The Hall–Kier alpha value is -0.770. The van der Waals surface area contributed by atoms with Crippen LogP contribution in [0.5, 0.6) is 0 Å². The minimum atomic E-state index is -0.655. The van der Waals surface area contributed by atoms with Gasteiger partial charge in [0.15, 0.2) is 0 Å². The number of carbonyl (C=O) groups excluding carboxylic acids is 1. The highest BCUT2D eigenvalue weighted by Gasteiger charge is 2.31. The van der Waals surface area contributed by atoms with Crippen LogP contribution in [0.2, 0.25) is 0 Å². The van der Waals surface area contributed by atoms with Gasteiger partial charge < -0.3 is 15.2 Å². The molecule has 0 saturated heterocycles. The molecule has 0 unspecified atom stereocenters. The first-order valence-corrected chi connectivity index (χ1v) is 5.90. The van der Waals surface area contributed by atoms with Crippen molar-refractivity contribution in [3.8, 4) is 0 Å². The first-order valence-electron chi connectivity index (χ1n) is 5.90. The van der Waals surface area contributed by atoms with Gasteiger partial charge in [-0.15, -0.1) is 0 Å². The molecule has 1 aliphatic rings. The van der Waals surface area contributed by atoms with E-state index in [1.54, 1.807) is 0 Å². The molecule has 2 atom stereocenters. The van der Waals surface area contributed by atoms with Gasteiger partial charge in [-0.05, 0) is 53.4 Å². The molecule has 16 heavy (non-hydrogen) atoms. The van der Waals surface area contributed by atoms with Crippen molar-refractivity contribution < 1.29 is 14.6 Å². The summed E-state index contributed by atoms with van der Waals surface area (Å²) in [7, 11) is 0. The summed E-state index contributed by atoms with van der Waals surface area (Å²) in [5.41, 5.74) is -1.13. The molecule has 0 aromatic carbocycles. The summed E-state index contributed by atoms with van der Waals surface area (Å²) in [6, 6.07) is 0.0265. The van der Waals surface area contributed by atoms with Crippen molar-refractivity contribution in [2.75, 3.05) is 0 Å². The number of ether oxygens (including phenoxy) is 1. The number of hydrogen-bond acceptors (Lipinski definition) is 3. The van der Waals surface area contributed by atoms with Crippen LogP contribution in [0.4, 0.5) is 4.79 Å². The molecule has 1 amide bonds. The Morgan fingerprint density at radius 2 is 2.12 bits per heavy atom. The Morgan fingerprint density at radius 1 is 1.50 bits per heavy atom. The molecule has 0 aromatic rings. The highest BCUT2D eigenvalue weighted by molar-refractivity contribution is 5.68. The SMILES string of the molecule is CC(C)(C)OC(=O)N[C@@H]1CCC[C@@](C)(O)C1. The average molecular weight is 229 g/mol. The molecule has 0 radical (unpaired) electrons. The Balaban J connectivity index is 2.40. The lowest BCUT2D eigenvalue weighted by molar-refractivity contribution is 0.00539. The molecule has 1 rings (SSSR count). The minimum Gasteiger partial charge on any atom is -0.444 e. The topological polar surface area (TPSA) is 58.6 Å². The normalized spacial score (nSPS) is 30.9. The Labute approximate surface area is 97.4 Å². The van der Waals surface area contributed by atoms with Crippen LogP contribution in [0.3, 0.4) is 0 Å². The number of alkyl carbamates (subject to hydrolysis) is 1. The molecule has 4 heteroatoms. The van der Waals surface area contributed by atoms with E-state index in [0.717, 1.165) is 19.3 Å². The fourth-order valence-corrected chi connectivity index (χ4v) is 2.06. The smallest absolute Gasteiger partial charge is 0.407 e. The van der Waals surface area contributed by atoms with E-state index in [0.29, 0.717) is 6.42 Å². The lowest BCUT2D eigenvalue weighted by atomic mass is 9.83. The van der Waals surface area contributed by atoms with E-state index >= 15 is 0 Å². The minimum absolute atomic E-state index is 0.0265. The van der Waals surface area contributed by atoms with Crippen molar-refractivity contribution in [2.45, 2.75) is 70.6 Å². The average Bonchev–Trinajstić information content (AvgIpc) is 1.96. The first-order chi connectivity index (χ1) is 7.18. The maximum absolute atomic E-state index is 11.5. The Kier molecular flexibility index (Phi) is 3.84. The van der Waals surface area contributed by atoms with Crippen molar-refractivity contribution in [1.82, 2.24) is 5.32 Å². The molecule has 0 heterocycles. The van der Waals surface area contributed by atoms with Crippen LogP contribution < -0.4 is 5.32 Å². The molecule has 1 aliphatic carbocycles. The van der Waals surface area contributed by atoms with Gasteiger partial charge in [0.1, 0.15) is 5.60 Å². The van der Waals surface area contributed by atoms with Crippen LogP contribution in [0.1, 0.15) is 53.4 Å². The maximum Gasteiger partial charge on any atom is 0.407 e. The number of aliphatic hydroxyl groups is 1. The van der Waals surface area contributed by atoms with Gasteiger partial charge in [-0.2, -0.15) is 0 Å². The van der Waals surface area contributed by atoms with Crippen molar-refractivity contribution in [1.29, 1.82) is 0 Å². The molecule has 4 nitrogen and oxygen atoms in total. The number of carbonyl (C=O) groups is 1. The number of rotatable bonds is 1. The summed E-state index contributed by atoms with van der Waals surface area (Å²) in [5, 5.41) is 12.7. The number of amides is 1. The predicted molar refractivity (Wildman–Crippen MR) is 62.2 cm³/mol. The third-order valence-electron chi connectivity index (χ3n) is 2.67. The van der Waals surface area contributed by atoms with Gasteiger partial charge in [0.05, 0.1) is 5.60 Å². The number of nitrogens with one attached hydrogen (secondary N) is 1. The lowest BCUT2D eigenvalue weighted by Gasteiger charge is -2.34. The Morgan fingerprint density at radius 3 is 2.62 bits per heavy atom. The molecular formula is C12H23NO3. The summed E-state index contributed by atoms with van der Waals surface area (Å²) in [4.78, 5) is 11.5. The second-order valence-corrected chi connectivity index (χ2v) is 5.94. The molecule has 2 N–H and O–H groups in total. The van der Waals surface area contributed by atoms with Crippen LogP contribution >= 0.6 is 0 Å². The molecule has 0 bridgehead atoms. The zero-order chi connectivity index (χ0) is 12.4. The van der Waals surface area contributed by atoms with Gasteiger partial charge in [0.25, 0.3) is 0 Å². The standard InChI is InChI=1S/C12H23NO3/c1-11(2,3)16-10(14)13-9-6-5-7-12(4,15)8-9/h9,15H,5-8H2,1-4H3,(H,13,14)/t9-,12-/m1/s1. The van der Waals surface area contributed by atoms with Gasteiger partial charge in [0, 0.05) is 6.04 Å². The summed E-state index contributed by atoms with van der Waals surface area (Å²) >= 11 is 0. The monoisotopic (exact) mass is 229 g/mol. The van der Waals surface area contributed by atoms with Crippen LogP contribution in [0, 0.1) is 0 Å². The second-order valence-electron chi connectivity index (χ2n) is 5.94. The van der Waals surface area contributed by atoms with Gasteiger partial charge in [-0.25, -0.2) is 4.79 Å². The summed E-state index contributed by atoms with van der Waals surface area (Å²) < 4.78 is 5.18. The highest BCUT2D eigenvalue weighted by atomic mass is 16.6. The second kappa shape index (κ2) is 4.62. The van der Waals surface area contributed by atoms with E-state index in [1.807, 2.05) is 27.7 Å². The molecule has 1 fully saturated rings. The van der Waals surface area contributed by atoms with E-state index in [4.69, 9.17) is 4.74 Å². The van der Waals surface area contributed by atoms with E-state index < -0.39 is 17.3 Å². The van der Waals surface area contributed by atoms with Crippen molar-refractivity contribution in [3.63, 3.8) is 0 Å². The fraction of sp³-hybridized carbons (Fsp3) is 0.917. The molecule has 1 saturated carbocycles. The van der Waals surface area contributed by atoms with Crippen LogP contribution in [0.25, 0.3) is 0 Å². The van der Waals surface area contributed by atoms with Crippen LogP contribution in [-0.2, 0) is 4.74 Å². The first kappa shape index (κ1) is 13.3. The van der Waals surface area contributed by atoms with Gasteiger partial charge in [-0.1, -0.05) is 0 Å².